The van der Waals surface area contributed by atoms with Crippen LogP contribution in [-0.4, -0.2) is 10.9 Å². The van der Waals surface area contributed by atoms with Gasteiger partial charge in [-0.1, -0.05) is 38.3 Å². The molecule has 3 nitrogen and oxygen atoms in total. The van der Waals surface area contributed by atoms with Crippen LogP contribution in [0.1, 0.15) is 54.2 Å². The van der Waals surface area contributed by atoms with Gasteiger partial charge in [0.2, 0.25) is 0 Å². The number of rotatable bonds is 7. The van der Waals surface area contributed by atoms with Gasteiger partial charge >= 0.3 is 0 Å². The Morgan fingerprint density at radius 2 is 1.95 bits per heavy atom. The van der Waals surface area contributed by atoms with E-state index >= 15 is 0 Å². The lowest BCUT2D eigenvalue weighted by molar-refractivity contribution is 0.102. The van der Waals surface area contributed by atoms with Crippen LogP contribution in [0.25, 0.3) is 0 Å². The van der Waals surface area contributed by atoms with E-state index in [0.29, 0.717) is 10.7 Å². The number of anilines is 1. The predicted octanol–water partition coefficient (Wildman–Crippen LogP) is 4.83. The first-order valence-electron chi connectivity index (χ1n) is 7.51. The highest BCUT2D eigenvalue weighted by Crippen LogP contribution is 2.16. The minimum atomic E-state index is -0.0955. The van der Waals surface area contributed by atoms with Crippen LogP contribution in [-0.2, 0) is 6.42 Å². The Hall–Kier alpha value is -1.68. The number of aromatic nitrogens is 1. The number of hydrogen-bond donors (Lipinski definition) is 1. The summed E-state index contributed by atoms with van der Waals surface area (Å²) < 4.78 is 0. The Kier molecular flexibility index (Phi) is 5.93. The van der Waals surface area contributed by atoms with Crippen LogP contribution in [0.4, 0.5) is 5.13 Å². The molecule has 2 rings (SSSR count). The van der Waals surface area contributed by atoms with Crippen LogP contribution >= 0.6 is 11.3 Å². The second-order valence-electron chi connectivity index (χ2n) is 5.26. The maximum absolute atomic E-state index is 12.1. The monoisotopic (exact) mass is 302 g/mol. The Labute approximate surface area is 130 Å². The molecule has 0 fully saturated rings. The average Bonchev–Trinajstić information content (AvgIpc) is 2.89. The first-order valence-corrected chi connectivity index (χ1v) is 8.39. The molecular weight excluding hydrogens is 280 g/mol. The van der Waals surface area contributed by atoms with Gasteiger partial charge in [-0.15, -0.1) is 11.3 Å². The topological polar surface area (TPSA) is 42.0 Å². The SMILES string of the molecule is CCCCCCc1ccc(C(=O)Nc2nc(C)cs2)cc1. The van der Waals surface area contributed by atoms with Crippen molar-refractivity contribution in [2.75, 3.05) is 5.32 Å². The summed E-state index contributed by atoms with van der Waals surface area (Å²) in [5, 5.41) is 5.41. The van der Waals surface area contributed by atoms with Crippen LogP contribution in [0, 0.1) is 6.92 Å². The zero-order valence-electron chi connectivity index (χ0n) is 12.7. The van der Waals surface area contributed by atoms with Crippen molar-refractivity contribution in [3.05, 3.63) is 46.5 Å². The summed E-state index contributed by atoms with van der Waals surface area (Å²) in [5.41, 5.74) is 2.91. The molecule has 112 valence electrons. The third kappa shape index (κ3) is 4.97. The number of carbonyl (C=O) groups excluding carboxylic acids is 1. The van der Waals surface area contributed by atoms with Gasteiger partial charge in [-0.05, 0) is 37.5 Å². The van der Waals surface area contributed by atoms with E-state index in [1.54, 1.807) is 0 Å². The quantitative estimate of drug-likeness (QED) is 0.745. The van der Waals surface area contributed by atoms with Crippen LogP contribution in [0.3, 0.4) is 0 Å². The molecule has 4 heteroatoms. The number of benzene rings is 1. The van der Waals surface area contributed by atoms with E-state index in [4.69, 9.17) is 0 Å². The third-order valence-electron chi connectivity index (χ3n) is 3.37. The average molecular weight is 302 g/mol. The molecule has 0 saturated heterocycles. The molecule has 0 spiro atoms. The van der Waals surface area contributed by atoms with Crippen LogP contribution in [0.5, 0.6) is 0 Å². The standard InChI is InChI=1S/C17H22N2OS/c1-3-4-5-6-7-14-8-10-15(11-9-14)16(20)19-17-18-13(2)12-21-17/h8-12H,3-7H2,1-2H3,(H,18,19,20). The Balaban J connectivity index is 1.87. The fraction of sp³-hybridized carbons (Fsp3) is 0.412. The van der Waals surface area contributed by atoms with Gasteiger partial charge in [-0.2, -0.15) is 0 Å². The second-order valence-corrected chi connectivity index (χ2v) is 6.11. The number of thiazole rings is 1. The maximum atomic E-state index is 12.1. The second kappa shape index (κ2) is 7.93. The van der Waals surface area contributed by atoms with Gasteiger partial charge in [0.25, 0.3) is 5.91 Å². The lowest BCUT2D eigenvalue weighted by atomic mass is 10.0. The fourth-order valence-electron chi connectivity index (χ4n) is 2.16. The van der Waals surface area contributed by atoms with Crippen LogP contribution < -0.4 is 5.32 Å². The van der Waals surface area contributed by atoms with Gasteiger partial charge in [0.15, 0.2) is 5.13 Å². The summed E-state index contributed by atoms with van der Waals surface area (Å²) in [6.07, 6.45) is 6.15. The Morgan fingerprint density at radius 3 is 2.57 bits per heavy atom. The first-order chi connectivity index (χ1) is 10.2. The summed E-state index contributed by atoms with van der Waals surface area (Å²) >= 11 is 1.45. The first kappa shape index (κ1) is 15.7. The molecule has 1 N–H and O–H groups in total. The molecule has 1 aromatic heterocycles. The minimum Gasteiger partial charge on any atom is -0.298 e. The number of amides is 1. The molecule has 1 aromatic carbocycles. The molecular formula is C17H22N2OS. The Bertz CT molecular complexity index is 575. The number of unbranched alkanes of at least 4 members (excludes halogenated alkanes) is 3. The summed E-state index contributed by atoms with van der Waals surface area (Å²) in [6.45, 7) is 4.14. The lowest BCUT2D eigenvalue weighted by Gasteiger charge is -2.04. The molecule has 21 heavy (non-hydrogen) atoms. The van der Waals surface area contributed by atoms with Crippen LogP contribution in [0.2, 0.25) is 0 Å². The third-order valence-corrected chi connectivity index (χ3v) is 4.25. The van der Waals surface area contributed by atoms with Crippen molar-refractivity contribution in [1.82, 2.24) is 4.98 Å². The van der Waals surface area contributed by atoms with Crippen molar-refractivity contribution in [2.45, 2.75) is 46.0 Å². The fourth-order valence-corrected chi connectivity index (χ4v) is 2.84. The summed E-state index contributed by atoms with van der Waals surface area (Å²) in [7, 11) is 0. The van der Waals surface area contributed by atoms with E-state index in [1.807, 2.05) is 36.6 Å². The maximum Gasteiger partial charge on any atom is 0.257 e. The van der Waals surface area contributed by atoms with Gasteiger partial charge < -0.3 is 0 Å². The number of carbonyl (C=O) groups is 1. The van der Waals surface area contributed by atoms with Gasteiger partial charge in [-0.3, -0.25) is 10.1 Å². The van der Waals surface area contributed by atoms with Crippen LogP contribution in [0.15, 0.2) is 29.6 Å². The van der Waals surface area contributed by atoms with Crippen molar-refractivity contribution < 1.29 is 4.79 Å². The van der Waals surface area contributed by atoms with Gasteiger partial charge in [0.1, 0.15) is 0 Å². The summed E-state index contributed by atoms with van der Waals surface area (Å²) in [6, 6.07) is 7.89. The van der Waals surface area contributed by atoms with E-state index < -0.39 is 0 Å². The highest BCUT2D eigenvalue weighted by Gasteiger charge is 2.08. The zero-order chi connectivity index (χ0) is 15.1. The highest BCUT2D eigenvalue weighted by atomic mass is 32.1. The van der Waals surface area contributed by atoms with Crippen molar-refractivity contribution in [3.63, 3.8) is 0 Å². The summed E-state index contributed by atoms with van der Waals surface area (Å²) in [5.74, 6) is -0.0955. The lowest BCUT2D eigenvalue weighted by Crippen LogP contribution is -2.11. The minimum absolute atomic E-state index is 0.0955. The largest absolute Gasteiger partial charge is 0.298 e. The molecule has 0 atom stereocenters. The van der Waals surface area contributed by atoms with Crippen molar-refractivity contribution in [1.29, 1.82) is 0 Å². The molecule has 0 bridgehead atoms. The number of hydrogen-bond acceptors (Lipinski definition) is 3. The smallest absolute Gasteiger partial charge is 0.257 e. The molecule has 2 aromatic rings. The van der Waals surface area contributed by atoms with Gasteiger partial charge in [-0.25, -0.2) is 4.98 Å². The highest BCUT2D eigenvalue weighted by molar-refractivity contribution is 7.13. The van der Waals surface area contributed by atoms with Crippen molar-refractivity contribution >= 4 is 22.4 Å². The molecule has 0 aliphatic carbocycles. The molecule has 1 heterocycles. The van der Waals surface area contributed by atoms with Gasteiger partial charge in [0, 0.05) is 10.9 Å². The predicted molar refractivity (Wildman–Crippen MR) is 89.1 cm³/mol. The molecule has 1 amide bonds. The Morgan fingerprint density at radius 1 is 1.19 bits per heavy atom. The normalized spacial score (nSPS) is 10.6. The zero-order valence-corrected chi connectivity index (χ0v) is 13.5. The van der Waals surface area contributed by atoms with E-state index in [-0.39, 0.29) is 5.91 Å². The number of nitrogens with zero attached hydrogens (tertiary/aromatic N) is 1. The van der Waals surface area contributed by atoms with Crippen molar-refractivity contribution in [2.24, 2.45) is 0 Å². The van der Waals surface area contributed by atoms with E-state index in [0.717, 1.165) is 12.1 Å². The molecule has 0 aliphatic heterocycles. The number of aryl methyl sites for hydroxylation is 2. The van der Waals surface area contributed by atoms with E-state index in [2.05, 4.69) is 17.2 Å². The molecule has 0 radical (unpaired) electrons. The van der Waals surface area contributed by atoms with Crippen molar-refractivity contribution in [3.8, 4) is 0 Å². The molecule has 0 saturated carbocycles. The van der Waals surface area contributed by atoms with E-state index in [1.165, 1.54) is 42.6 Å². The van der Waals surface area contributed by atoms with Gasteiger partial charge in [0.05, 0.1) is 5.69 Å². The molecule has 0 unspecified atom stereocenters. The number of nitrogens with one attached hydrogen (secondary N) is 1. The van der Waals surface area contributed by atoms with E-state index in [9.17, 15) is 4.79 Å². The molecule has 0 aliphatic rings. The summed E-state index contributed by atoms with van der Waals surface area (Å²) in [4.78, 5) is 16.3.